The van der Waals surface area contributed by atoms with Crippen LogP contribution in [0.3, 0.4) is 0 Å². The number of aliphatic carboxylic acids is 1. The standard InChI is InChI=1S/C26H31NO6/c28-24(27-13-1-2-14-27)21-8-10-22(11-9-21)31-15-5-16-32-23-7-3-6-20(18-23)19-26(25(29)30)12-4-17-33-26/h3,6-11,18H,1-2,4-5,12-17,19H2,(H,29,30). The van der Waals surface area contributed by atoms with Gasteiger partial charge < -0.3 is 24.2 Å². The molecule has 0 radical (unpaired) electrons. The Hall–Kier alpha value is -3.06. The summed E-state index contributed by atoms with van der Waals surface area (Å²) in [6.45, 7) is 3.15. The van der Waals surface area contributed by atoms with Crippen molar-refractivity contribution in [2.45, 2.75) is 44.1 Å². The number of carboxylic acid groups (broad SMARTS) is 1. The van der Waals surface area contributed by atoms with Gasteiger partial charge in [-0.2, -0.15) is 0 Å². The Bertz CT molecular complexity index is 946. The number of rotatable bonds is 10. The second-order valence-electron chi connectivity index (χ2n) is 8.65. The summed E-state index contributed by atoms with van der Waals surface area (Å²) in [5.74, 6) is 0.613. The Morgan fingerprint density at radius 1 is 0.970 bits per heavy atom. The first-order valence-corrected chi connectivity index (χ1v) is 11.7. The quantitative estimate of drug-likeness (QED) is 0.549. The smallest absolute Gasteiger partial charge is 0.336 e. The molecule has 0 aromatic heterocycles. The van der Waals surface area contributed by atoms with Crippen molar-refractivity contribution in [2.75, 3.05) is 32.9 Å². The normalized spacial score (nSPS) is 20.1. The molecule has 2 aromatic carbocycles. The molecule has 4 rings (SSSR count). The second kappa shape index (κ2) is 10.7. The van der Waals surface area contributed by atoms with Crippen molar-refractivity contribution in [3.8, 4) is 11.5 Å². The molecule has 7 nitrogen and oxygen atoms in total. The summed E-state index contributed by atoms with van der Waals surface area (Å²) in [6, 6.07) is 14.8. The molecular weight excluding hydrogens is 422 g/mol. The number of nitrogens with zero attached hydrogens (tertiary/aromatic N) is 1. The van der Waals surface area contributed by atoms with Crippen molar-refractivity contribution in [2.24, 2.45) is 0 Å². The summed E-state index contributed by atoms with van der Waals surface area (Å²) in [6.07, 6.45) is 4.48. The Labute approximate surface area is 194 Å². The number of ether oxygens (including phenoxy) is 3. The van der Waals surface area contributed by atoms with Crippen molar-refractivity contribution in [1.82, 2.24) is 4.90 Å². The van der Waals surface area contributed by atoms with Gasteiger partial charge in [-0.05, 0) is 67.6 Å². The van der Waals surface area contributed by atoms with Crippen LogP contribution in [0.15, 0.2) is 48.5 Å². The summed E-state index contributed by atoms with van der Waals surface area (Å²) in [4.78, 5) is 26.0. The molecule has 1 unspecified atom stereocenters. The summed E-state index contributed by atoms with van der Waals surface area (Å²) in [7, 11) is 0. The number of hydrogen-bond acceptors (Lipinski definition) is 5. The summed E-state index contributed by atoms with van der Waals surface area (Å²) in [5.41, 5.74) is 0.456. The molecule has 2 heterocycles. The van der Waals surface area contributed by atoms with Crippen LogP contribution in [0.1, 0.15) is 48.0 Å². The molecule has 0 aliphatic carbocycles. The number of amides is 1. The lowest BCUT2D eigenvalue weighted by Gasteiger charge is -2.23. The molecule has 0 spiro atoms. The van der Waals surface area contributed by atoms with E-state index >= 15 is 0 Å². The molecular formula is C26H31NO6. The number of carbonyl (C=O) groups is 2. The molecule has 176 valence electrons. The number of carboxylic acids is 1. The summed E-state index contributed by atoms with van der Waals surface area (Å²) >= 11 is 0. The van der Waals surface area contributed by atoms with Crippen LogP contribution in [0, 0.1) is 0 Å². The third-order valence-corrected chi connectivity index (χ3v) is 6.20. The first-order chi connectivity index (χ1) is 16.1. The zero-order valence-electron chi connectivity index (χ0n) is 18.8. The number of carbonyl (C=O) groups excluding carboxylic acids is 1. The highest BCUT2D eigenvalue weighted by atomic mass is 16.5. The Morgan fingerprint density at radius 3 is 2.36 bits per heavy atom. The summed E-state index contributed by atoms with van der Waals surface area (Å²) < 4.78 is 17.2. The first-order valence-electron chi connectivity index (χ1n) is 11.7. The minimum Gasteiger partial charge on any atom is -0.493 e. The Kier molecular flexibility index (Phi) is 7.50. The van der Waals surface area contributed by atoms with E-state index in [4.69, 9.17) is 14.2 Å². The van der Waals surface area contributed by atoms with Gasteiger partial charge in [0.15, 0.2) is 5.60 Å². The molecule has 1 amide bonds. The molecule has 7 heteroatoms. The van der Waals surface area contributed by atoms with Gasteiger partial charge >= 0.3 is 5.97 Å². The maximum absolute atomic E-state index is 12.4. The largest absolute Gasteiger partial charge is 0.493 e. The molecule has 2 aliphatic rings. The molecule has 2 fully saturated rings. The van der Waals surface area contributed by atoms with Gasteiger partial charge in [-0.3, -0.25) is 4.79 Å². The van der Waals surface area contributed by atoms with Crippen LogP contribution in [-0.4, -0.2) is 60.4 Å². The van der Waals surface area contributed by atoms with Crippen LogP contribution < -0.4 is 9.47 Å². The molecule has 2 aromatic rings. The van der Waals surface area contributed by atoms with Crippen LogP contribution in [-0.2, 0) is 16.0 Å². The van der Waals surface area contributed by atoms with E-state index in [2.05, 4.69) is 0 Å². The number of benzene rings is 2. The van der Waals surface area contributed by atoms with E-state index in [1.165, 1.54) is 0 Å². The maximum atomic E-state index is 12.4. The SMILES string of the molecule is O=C(c1ccc(OCCCOc2cccc(CC3(C(=O)O)CCCO3)c2)cc1)N1CCCC1. The highest BCUT2D eigenvalue weighted by molar-refractivity contribution is 5.94. The van der Waals surface area contributed by atoms with Gasteiger partial charge in [0.05, 0.1) is 13.2 Å². The zero-order chi connectivity index (χ0) is 23.1. The lowest BCUT2D eigenvalue weighted by atomic mass is 9.91. The average Bonchev–Trinajstić information content (AvgIpc) is 3.52. The fourth-order valence-electron chi connectivity index (χ4n) is 4.39. The molecule has 2 saturated heterocycles. The minimum atomic E-state index is -1.12. The number of likely N-dealkylation sites (tertiary alicyclic amines) is 1. The van der Waals surface area contributed by atoms with Gasteiger partial charge in [0, 0.05) is 38.1 Å². The third kappa shape index (κ3) is 5.85. The zero-order valence-corrected chi connectivity index (χ0v) is 18.8. The van der Waals surface area contributed by atoms with Gasteiger partial charge in [0.2, 0.25) is 0 Å². The van der Waals surface area contributed by atoms with Gasteiger partial charge in [0.25, 0.3) is 5.91 Å². The molecule has 0 saturated carbocycles. The van der Waals surface area contributed by atoms with Crippen molar-refractivity contribution in [3.63, 3.8) is 0 Å². The summed E-state index contributed by atoms with van der Waals surface area (Å²) in [5, 5.41) is 9.59. The van der Waals surface area contributed by atoms with Crippen molar-refractivity contribution < 1.29 is 28.9 Å². The second-order valence-corrected chi connectivity index (χ2v) is 8.65. The molecule has 1 N–H and O–H groups in total. The monoisotopic (exact) mass is 453 g/mol. The average molecular weight is 454 g/mol. The fraction of sp³-hybridized carbons (Fsp3) is 0.462. The first kappa shape index (κ1) is 23.1. The van der Waals surface area contributed by atoms with Gasteiger partial charge in [0.1, 0.15) is 11.5 Å². The molecule has 2 aliphatic heterocycles. The topological polar surface area (TPSA) is 85.3 Å². The van der Waals surface area contributed by atoms with E-state index in [1.54, 1.807) is 0 Å². The Morgan fingerprint density at radius 2 is 1.70 bits per heavy atom. The number of hydrogen-bond donors (Lipinski definition) is 1. The predicted molar refractivity (Wildman–Crippen MR) is 123 cm³/mol. The molecule has 1 atom stereocenters. The van der Waals surface area contributed by atoms with E-state index in [0.29, 0.717) is 50.4 Å². The highest BCUT2D eigenvalue weighted by Gasteiger charge is 2.42. The van der Waals surface area contributed by atoms with Crippen LogP contribution in [0.25, 0.3) is 0 Å². The molecule has 33 heavy (non-hydrogen) atoms. The third-order valence-electron chi connectivity index (χ3n) is 6.20. The van der Waals surface area contributed by atoms with Crippen LogP contribution >= 0.6 is 0 Å². The highest BCUT2D eigenvalue weighted by Crippen LogP contribution is 2.31. The van der Waals surface area contributed by atoms with Crippen LogP contribution in [0.2, 0.25) is 0 Å². The fourth-order valence-corrected chi connectivity index (χ4v) is 4.39. The maximum Gasteiger partial charge on any atom is 0.336 e. The van der Waals surface area contributed by atoms with Gasteiger partial charge in [-0.25, -0.2) is 4.79 Å². The lowest BCUT2D eigenvalue weighted by molar-refractivity contribution is -0.159. The van der Waals surface area contributed by atoms with E-state index in [9.17, 15) is 14.7 Å². The minimum absolute atomic E-state index is 0.0865. The van der Waals surface area contributed by atoms with E-state index < -0.39 is 11.6 Å². The Balaban J connectivity index is 1.20. The van der Waals surface area contributed by atoms with Crippen LogP contribution in [0.5, 0.6) is 11.5 Å². The predicted octanol–water partition coefficient (Wildman–Crippen LogP) is 3.95. The van der Waals surface area contributed by atoms with E-state index in [0.717, 1.165) is 43.7 Å². The van der Waals surface area contributed by atoms with Crippen LogP contribution in [0.4, 0.5) is 0 Å². The van der Waals surface area contributed by atoms with Crippen molar-refractivity contribution in [1.29, 1.82) is 0 Å². The van der Waals surface area contributed by atoms with Gasteiger partial charge in [-0.1, -0.05) is 12.1 Å². The van der Waals surface area contributed by atoms with Crippen molar-refractivity contribution >= 4 is 11.9 Å². The molecule has 0 bridgehead atoms. The van der Waals surface area contributed by atoms with E-state index in [1.807, 2.05) is 53.4 Å². The van der Waals surface area contributed by atoms with Gasteiger partial charge in [-0.15, -0.1) is 0 Å². The van der Waals surface area contributed by atoms with E-state index in [-0.39, 0.29) is 5.91 Å². The van der Waals surface area contributed by atoms with Crippen molar-refractivity contribution in [3.05, 3.63) is 59.7 Å². The lowest BCUT2D eigenvalue weighted by Crippen LogP contribution is -2.40.